The predicted molar refractivity (Wildman–Crippen MR) is 63.4 cm³/mol. The minimum Gasteiger partial charge on any atom is -0.394 e. The van der Waals surface area contributed by atoms with Gasteiger partial charge in [-0.3, -0.25) is 4.79 Å². The SMILES string of the molecule is NC1(C(=O)NC2(CO)CCCC2)CCOCC1. The molecule has 1 aliphatic carbocycles. The molecule has 1 aliphatic heterocycles. The zero-order valence-electron chi connectivity index (χ0n) is 10.2. The Morgan fingerprint density at radius 3 is 2.35 bits per heavy atom. The fourth-order valence-electron chi connectivity index (χ4n) is 2.70. The predicted octanol–water partition coefficient (Wildman–Crippen LogP) is -0.0844. The van der Waals surface area contributed by atoms with Crippen molar-refractivity contribution in [3.8, 4) is 0 Å². The Bertz CT molecular complexity index is 281. The normalized spacial score (nSPS) is 26.7. The van der Waals surface area contributed by atoms with Crippen LogP contribution in [0.25, 0.3) is 0 Å². The molecule has 0 radical (unpaired) electrons. The maximum atomic E-state index is 12.2. The summed E-state index contributed by atoms with van der Waals surface area (Å²) in [6.07, 6.45) is 4.92. The topological polar surface area (TPSA) is 84.6 Å². The standard InChI is InChI=1S/C12H22N2O3/c13-12(5-7-17-8-6-12)10(16)14-11(9-15)3-1-2-4-11/h15H,1-9,13H2,(H,14,16). The van der Waals surface area contributed by atoms with Crippen LogP contribution < -0.4 is 11.1 Å². The van der Waals surface area contributed by atoms with E-state index in [1.165, 1.54) is 0 Å². The van der Waals surface area contributed by atoms with E-state index in [9.17, 15) is 9.90 Å². The van der Waals surface area contributed by atoms with E-state index in [1.54, 1.807) is 0 Å². The van der Waals surface area contributed by atoms with E-state index >= 15 is 0 Å². The van der Waals surface area contributed by atoms with Crippen LogP contribution >= 0.6 is 0 Å². The van der Waals surface area contributed by atoms with E-state index in [0.29, 0.717) is 26.1 Å². The molecule has 0 spiro atoms. The molecule has 1 saturated carbocycles. The summed E-state index contributed by atoms with van der Waals surface area (Å²) < 4.78 is 5.23. The Morgan fingerprint density at radius 2 is 1.82 bits per heavy atom. The molecule has 0 aromatic heterocycles. The van der Waals surface area contributed by atoms with Crippen molar-refractivity contribution < 1.29 is 14.6 Å². The highest BCUT2D eigenvalue weighted by Crippen LogP contribution is 2.30. The number of nitrogens with one attached hydrogen (secondary N) is 1. The van der Waals surface area contributed by atoms with Crippen LogP contribution in [-0.2, 0) is 9.53 Å². The van der Waals surface area contributed by atoms with Crippen molar-refractivity contribution in [2.75, 3.05) is 19.8 Å². The summed E-state index contributed by atoms with van der Waals surface area (Å²) in [5, 5.41) is 12.5. The van der Waals surface area contributed by atoms with Crippen LogP contribution in [0, 0.1) is 0 Å². The first-order chi connectivity index (χ1) is 8.10. The molecular weight excluding hydrogens is 220 g/mol. The third-order valence-corrected chi connectivity index (χ3v) is 4.08. The zero-order valence-corrected chi connectivity index (χ0v) is 10.2. The molecule has 1 amide bonds. The molecule has 5 heteroatoms. The molecule has 98 valence electrons. The summed E-state index contributed by atoms with van der Waals surface area (Å²) >= 11 is 0. The second kappa shape index (κ2) is 4.92. The molecule has 0 aromatic rings. The molecule has 2 aliphatic rings. The third-order valence-electron chi connectivity index (χ3n) is 4.08. The largest absolute Gasteiger partial charge is 0.394 e. The second-order valence-electron chi connectivity index (χ2n) is 5.37. The molecule has 2 rings (SSSR count). The lowest BCUT2D eigenvalue weighted by atomic mass is 9.88. The summed E-state index contributed by atoms with van der Waals surface area (Å²) in [6.45, 7) is 1.08. The average Bonchev–Trinajstić information content (AvgIpc) is 2.79. The highest BCUT2D eigenvalue weighted by molar-refractivity contribution is 5.86. The number of rotatable bonds is 3. The number of hydrogen-bond donors (Lipinski definition) is 3. The third kappa shape index (κ3) is 2.61. The fourth-order valence-corrected chi connectivity index (χ4v) is 2.70. The average molecular weight is 242 g/mol. The van der Waals surface area contributed by atoms with Crippen LogP contribution in [0.4, 0.5) is 0 Å². The van der Waals surface area contributed by atoms with Gasteiger partial charge >= 0.3 is 0 Å². The van der Waals surface area contributed by atoms with Gasteiger partial charge in [0.2, 0.25) is 5.91 Å². The molecule has 0 atom stereocenters. The number of amides is 1. The molecule has 4 N–H and O–H groups in total. The van der Waals surface area contributed by atoms with Gasteiger partial charge in [0.15, 0.2) is 0 Å². The van der Waals surface area contributed by atoms with Crippen LogP contribution in [0.2, 0.25) is 0 Å². The van der Waals surface area contributed by atoms with E-state index in [-0.39, 0.29) is 12.5 Å². The maximum absolute atomic E-state index is 12.2. The number of aliphatic hydroxyl groups excluding tert-OH is 1. The van der Waals surface area contributed by atoms with Crippen LogP contribution in [-0.4, -0.2) is 41.9 Å². The quantitative estimate of drug-likeness (QED) is 0.646. The molecule has 1 saturated heterocycles. The number of hydrogen-bond acceptors (Lipinski definition) is 4. The van der Waals surface area contributed by atoms with Gasteiger partial charge in [0.1, 0.15) is 0 Å². The second-order valence-corrected chi connectivity index (χ2v) is 5.37. The van der Waals surface area contributed by atoms with Crippen molar-refractivity contribution in [3.05, 3.63) is 0 Å². The minimum absolute atomic E-state index is 0.00528. The lowest BCUT2D eigenvalue weighted by Crippen LogP contribution is -2.62. The van der Waals surface area contributed by atoms with Gasteiger partial charge in [-0.15, -0.1) is 0 Å². The fraction of sp³-hybridized carbons (Fsp3) is 0.917. The molecular formula is C12H22N2O3. The Kier molecular flexibility index (Phi) is 3.70. The van der Waals surface area contributed by atoms with E-state index in [1.807, 2.05) is 0 Å². The van der Waals surface area contributed by atoms with Gasteiger partial charge in [0.25, 0.3) is 0 Å². The van der Waals surface area contributed by atoms with Gasteiger partial charge in [-0.2, -0.15) is 0 Å². The van der Waals surface area contributed by atoms with Crippen molar-refractivity contribution in [2.45, 2.75) is 49.6 Å². The molecule has 5 nitrogen and oxygen atoms in total. The van der Waals surface area contributed by atoms with E-state index < -0.39 is 11.1 Å². The Morgan fingerprint density at radius 1 is 1.24 bits per heavy atom. The maximum Gasteiger partial charge on any atom is 0.240 e. The van der Waals surface area contributed by atoms with Crippen molar-refractivity contribution in [1.82, 2.24) is 5.32 Å². The molecule has 17 heavy (non-hydrogen) atoms. The summed E-state index contributed by atoms with van der Waals surface area (Å²) in [6, 6.07) is 0. The van der Waals surface area contributed by atoms with Crippen LogP contribution in [0.1, 0.15) is 38.5 Å². The van der Waals surface area contributed by atoms with Gasteiger partial charge < -0.3 is 20.9 Å². The van der Waals surface area contributed by atoms with Gasteiger partial charge in [-0.1, -0.05) is 12.8 Å². The van der Waals surface area contributed by atoms with Crippen molar-refractivity contribution in [3.63, 3.8) is 0 Å². The molecule has 0 aromatic carbocycles. The monoisotopic (exact) mass is 242 g/mol. The van der Waals surface area contributed by atoms with Gasteiger partial charge in [0, 0.05) is 13.2 Å². The Labute approximate surface area is 102 Å². The number of carbonyl (C=O) groups is 1. The van der Waals surface area contributed by atoms with Crippen LogP contribution in [0.3, 0.4) is 0 Å². The van der Waals surface area contributed by atoms with Gasteiger partial charge in [-0.05, 0) is 25.7 Å². The number of aliphatic hydroxyl groups is 1. The molecule has 1 heterocycles. The zero-order chi connectivity index (χ0) is 12.4. The summed E-state index contributed by atoms with van der Waals surface area (Å²) in [4.78, 5) is 12.2. The minimum atomic E-state index is -0.816. The first-order valence-corrected chi connectivity index (χ1v) is 6.40. The molecule has 0 bridgehead atoms. The lowest BCUT2D eigenvalue weighted by molar-refractivity contribution is -0.132. The number of ether oxygens (including phenoxy) is 1. The first kappa shape index (κ1) is 12.8. The van der Waals surface area contributed by atoms with Crippen molar-refractivity contribution in [1.29, 1.82) is 0 Å². The van der Waals surface area contributed by atoms with E-state index in [2.05, 4.69) is 5.32 Å². The smallest absolute Gasteiger partial charge is 0.240 e. The molecule has 2 fully saturated rings. The van der Waals surface area contributed by atoms with Crippen LogP contribution in [0.15, 0.2) is 0 Å². The Balaban J connectivity index is 1.99. The summed E-state index contributed by atoms with van der Waals surface area (Å²) in [5.41, 5.74) is 4.88. The lowest BCUT2D eigenvalue weighted by Gasteiger charge is -2.36. The highest BCUT2D eigenvalue weighted by Gasteiger charge is 2.42. The van der Waals surface area contributed by atoms with E-state index in [0.717, 1.165) is 25.7 Å². The number of nitrogens with two attached hydrogens (primary N) is 1. The Hall–Kier alpha value is -0.650. The van der Waals surface area contributed by atoms with Crippen molar-refractivity contribution in [2.24, 2.45) is 5.73 Å². The number of carbonyl (C=O) groups excluding carboxylic acids is 1. The highest BCUT2D eigenvalue weighted by atomic mass is 16.5. The molecule has 0 unspecified atom stereocenters. The van der Waals surface area contributed by atoms with Crippen LogP contribution in [0.5, 0.6) is 0 Å². The van der Waals surface area contributed by atoms with E-state index in [4.69, 9.17) is 10.5 Å². The first-order valence-electron chi connectivity index (χ1n) is 6.40. The van der Waals surface area contributed by atoms with Crippen molar-refractivity contribution >= 4 is 5.91 Å². The summed E-state index contributed by atoms with van der Waals surface area (Å²) in [7, 11) is 0. The van der Waals surface area contributed by atoms with Gasteiger partial charge in [0.05, 0.1) is 17.7 Å². The summed E-state index contributed by atoms with van der Waals surface area (Å²) in [5.74, 6) is -0.128. The van der Waals surface area contributed by atoms with Gasteiger partial charge in [-0.25, -0.2) is 0 Å².